The molecule has 0 saturated carbocycles. The molecule has 2 rings (SSSR count). The van der Waals surface area contributed by atoms with Gasteiger partial charge < -0.3 is 10.4 Å². The molecule has 0 bridgehead atoms. The van der Waals surface area contributed by atoms with Crippen LogP contribution in [-0.4, -0.2) is 27.4 Å². The molecule has 1 heterocycles. The highest BCUT2D eigenvalue weighted by Gasteiger charge is 2.21. The van der Waals surface area contributed by atoms with Gasteiger partial charge in [-0.2, -0.15) is 5.10 Å². The second kappa shape index (κ2) is 6.82. The Morgan fingerprint density at radius 3 is 2.48 bits per heavy atom. The second-order valence-electron chi connectivity index (χ2n) is 5.02. The fourth-order valence-corrected chi connectivity index (χ4v) is 2.23. The van der Waals surface area contributed by atoms with Crippen molar-refractivity contribution < 1.29 is 23.1 Å². The number of hydrogen-bond donors (Lipinski definition) is 2. The molecule has 23 heavy (non-hydrogen) atoms. The molecule has 2 N–H and O–H groups in total. The monoisotopic (exact) mass is 327 g/mol. The van der Waals surface area contributed by atoms with Crippen LogP contribution in [0.5, 0.6) is 0 Å². The summed E-state index contributed by atoms with van der Waals surface area (Å²) >= 11 is 0. The molecule has 1 unspecified atom stereocenters. The predicted molar refractivity (Wildman–Crippen MR) is 76.2 cm³/mol. The zero-order valence-electron chi connectivity index (χ0n) is 12.6. The molecular formula is C15H16F3N3O2. The Kier molecular flexibility index (Phi) is 5.05. The molecule has 0 aliphatic heterocycles. The molecule has 8 heteroatoms. The third-order valence-corrected chi connectivity index (χ3v) is 3.38. The Hall–Kier alpha value is -2.35. The van der Waals surface area contributed by atoms with E-state index in [1.54, 1.807) is 7.05 Å². The van der Waals surface area contributed by atoms with Crippen LogP contribution in [0.2, 0.25) is 0 Å². The van der Waals surface area contributed by atoms with Gasteiger partial charge in [0.25, 0.3) is 5.91 Å². The zero-order chi connectivity index (χ0) is 17.1. The molecule has 1 amide bonds. The number of hydrogen-bond acceptors (Lipinski definition) is 3. The summed E-state index contributed by atoms with van der Waals surface area (Å²) in [5.74, 6) is -4.91. The van der Waals surface area contributed by atoms with Gasteiger partial charge >= 0.3 is 0 Å². The lowest BCUT2D eigenvalue weighted by Gasteiger charge is -2.17. The van der Waals surface area contributed by atoms with Gasteiger partial charge in [0.2, 0.25) is 0 Å². The molecule has 124 valence electrons. The number of aliphatic hydroxyl groups excluding tert-OH is 1. The Morgan fingerprint density at radius 1 is 1.35 bits per heavy atom. The van der Waals surface area contributed by atoms with Crippen LogP contribution in [-0.2, 0) is 13.5 Å². The molecule has 0 radical (unpaired) electrons. The minimum Gasteiger partial charge on any atom is -0.394 e. The summed E-state index contributed by atoms with van der Waals surface area (Å²) in [6.07, 6.45) is 2.03. The van der Waals surface area contributed by atoms with Crippen LogP contribution >= 0.6 is 0 Å². The van der Waals surface area contributed by atoms with Crippen LogP contribution in [0.3, 0.4) is 0 Å². The molecule has 0 fully saturated rings. The van der Waals surface area contributed by atoms with Crippen molar-refractivity contribution in [2.24, 2.45) is 7.05 Å². The molecular weight excluding hydrogens is 311 g/mol. The number of carbonyl (C=O) groups excluding carboxylic acids is 1. The fraction of sp³-hybridized carbons (Fsp3) is 0.333. The first kappa shape index (κ1) is 17.0. The van der Waals surface area contributed by atoms with Gasteiger partial charge in [0.1, 0.15) is 0 Å². The highest BCUT2D eigenvalue weighted by molar-refractivity contribution is 5.95. The van der Waals surface area contributed by atoms with E-state index in [0.717, 1.165) is 12.1 Å². The third kappa shape index (κ3) is 3.53. The maximum Gasteiger partial charge on any atom is 0.255 e. The first-order chi connectivity index (χ1) is 10.9. The van der Waals surface area contributed by atoms with E-state index in [-0.39, 0.29) is 5.56 Å². The largest absolute Gasteiger partial charge is 0.394 e. The van der Waals surface area contributed by atoms with E-state index in [1.807, 2.05) is 6.92 Å². The predicted octanol–water partition coefficient (Wildman–Crippen LogP) is 1.86. The lowest BCUT2D eigenvalue weighted by molar-refractivity contribution is 0.0915. The molecule has 5 nitrogen and oxygen atoms in total. The lowest BCUT2D eigenvalue weighted by Crippen LogP contribution is -2.31. The number of amides is 1. The number of rotatable bonds is 5. The van der Waals surface area contributed by atoms with E-state index in [1.165, 1.54) is 10.9 Å². The number of aliphatic hydroxyl groups is 1. The average Bonchev–Trinajstić information content (AvgIpc) is 2.90. The van der Waals surface area contributed by atoms with Crippen LogP contribution in [0.1, 0.15) is 34.6 Å². The van der Waals surface area contributed by atoms with Gasteiger partial charge in [0.05, 0.1) is 23.9 Å². The van der Waals surface area contributed by atoms with Crippen LogP contribution in [0.15, 0.2) is 18.3 Å². The van der Waals surface area contributed by atoms with Gasteiger partial charge in [-0.05, 0) is 24.1 Å². The summed E-state index contributed by atoms with van der Waals surface area (Å²) < 4.78 is 41.1. The van der Waals surface area contributed by atoms with E-state index >= 15 is 0 Å². The highest BCUT2D eigenvalue weighted by Crippen LogP contribution is 2.20. The molecule has 0 saturated heterocycles. The van der Waals surface area contributed by atoms with Gasteiger partial charge in [-0.25, -0.2) is 13.2 Å². The van der Waals surface area contributed by atoms with Gasteiger partial charge in [0.15, 0.2) is 17.5 Å². The number of carbonyl (C=O) groups is 1. The van der Waals surface area contributed by atoms with E-state index in [0.29, 0.717) is 17.7 Å². The molecule has 0 aliphatic carbocycles. The SMILES string of the molecule is CCc1nn(C)cc1C(=O)NC(CO)c1cc(F)c(F)c(F)c1. The van der Waals surface area contributed by atoms with Crippen molar-refractivity contribution in [3.63, 3.8) is 0 Å². The van der Waals surface area contributed by atoms with Crippen molar-refractivity contribution in [2.45, 2.75) is 19.4 Å². The maximum atomic E-state index is 13.3. The third-order valence-electron chi connectivity index (χ3n) is 3.38. The number of benzene rings is 1. The zero-order valence-corrected chi connectivity index (χ0v) is 12.6. The Bertz CT molecular complexity index is 708. The number of aryl methyl sites for hydroxylation is 2. The van der Waals surface area contributed by atoms with Crippen molar-refractivity contribution in [1.82, 2.24) is 15.1 Å². The number of halogens is 3. The van der Waals surface area contributed by atoms with Crippen molar-refractivity contribution in [1.29, 1.82) is 0 Å². The smallest absolute Gasteiger partial charge is 0.255 e. The minimum atomic E-state index is -1.60. The Morgan fingerprint density at radius 2 is 1.96 bits per heavy atom. The first-order valence-electron chi connectivity index (χ1n) is 6.96. The van der Waals surface area contributed by atoms with Gasteiger partial charge in [-0.15, -0.1) is 0 Å². The molecule has 2 aromatic rings. The van der Waals surface area contributed by atoms with Crippen molar-refractivity contribution in [2.75, 3.05) is 6.61 Å². The Balaban J connectivity index is 2.27. The molecule has 0 spiro atoms. The van der Waals surface area contributed by atoms with Crippen LogP contribution in [0, 0.1) is 17.5 Å². The van der Waals surface area contributed by atoms with Crippen LogP contribution < -0.4 is 5.32 Å². The molecule has 1 atom stereocenters. The van der Waals surface area contributed by atoms with Crippen molar-refractivity contribution >= 4 is 5.91 Å². The minimum absolute atomic E-state index is 0.0702. The number of aromatic nitrogens is 2. The summed E-state index contributed by atoms with van der Waals surface area (Å²) in [6, 6.07) is 0.407. The van der Waals surface area contributed by atoms with Crippen LogP contribution in [0.25, 0.3) is 0 Å². The highest BCUT2D eigenvalue weighted by atomic mass is 19.2. The summed E-state index contributed by atoms with van der Waals surface area (Å²) in [5.41, 5.74) is 0.786. The number of nitrogens with zero attached hydrogens (tertiary/aromatic N) is 2. The summed E-state index contributed by atoms with van der Waals surface area (Å²) in [6.45, 7) is 1.23. The molecule has 0 aliphatic rings. The van der Waals surface area contributed by atoms with E-state index in [4.69, 9.17) is 0 Å². The van der Waals surface area contributed by atoms with Gasteiger partial charge in [-0.3, -0.25) is 9.48 Å². The van der Waals surface area contributed by atoms with Crippen molar-refractivity contribution in [3.05, 3.63) is 52.6 Å². The van der Waals surface area contributed by atoms with E-state index < -0.39 is 36.0 Å². The molecule has 1 aromatic heterocycles. The first-order valence-corrected chi connectivity index (χ1v) is 6.96. The van der Waals surface area contributed by atoms with Gasteiger partial charge in [-0.1, -0.05) is 6.92 Å². The van der Waals surface area contributed by atoms with E-state index in [2.05, 4.69) is 10.4 Å². The Labute approximate surface area is 130 Å². The summed E-state index contributed by atoms with van der Waals surface area (Å²) in [4.78, 5) is 12.3. The second-order valence-corrected chi connectivity index (χ2v) is 5.02. The van der Waals surface area contributed by atoms with E-state index in [9.17, 15) is 23.1 Å². The summed E-state index contributed by atoms with van der Waals surface area (Å²) in [7, 11) is 1.66. The molecule has 1 aromatic carbocycles. The van der Waals surface area contributed by atoms with Crippen molar-refractivity contribution in [3.8, 4) is 0 Å². The number of nitrogens with one attached hydrogen (secondary N) is 1. The average molecular weight is 327 g/mol. The maximum absolute atomic E-state index is 13.3. The van der Waals surface area contributed by atoms with Gasteiger partial charge in [0, 0.05) is 13.2 Å². The fourth-order valence-electron chi connectivity index (χ4n) is 2.23. The van der Waals surface area contributed by atoms with Crippen LogP contribution in [0.4, 0.5) is 13.2 Å². The summed E-state index contributed by atoms with van der Waals surface area (Å²) in [5, 5.41) is 16.0. The standard InChI is InChI=1S/C15H16F3N3O2/c1-3-12-9(6-21(2)20-12)15(23)19-13(7-22)8-4-10(16)14(18)11(17)5-8/h4-6,13,22H,3,7H2,1-2H3,(H,19,23). The quantitative estimate of drug-likeness (QED) is 0.824. The lowest BCUT2D eigenvalue weighted by atomic mass is 10.1. The normalized spacial score (nSPS) is 12.3. The topological polar surface area (TPSA) is 67.2 Å².